The van der Waals surface area contributed by atoms with Crippen LogP contribution in [0.15, 0.2) is 12.4 Å². The largest absolute Gasteiger partial charge is 0.322 e. The first kappa shape index (κ1) is 13.1. The second kappa shape index (κ2) is 6.00. The molecule has 2 N–H and O–H groups in total. The molecule has 1 atom stereocenters. The molecule has 0 bridgehead atoms. The van der Waals surface area contributed by atoms with Gasteiger partial charge in [0.15, 0.2) is 0 Å². The van der Waals surface area contributed by atoms with Crippen molar-refractivity contribution in [3.05, 3.63) is 12.4 Å². The minimum atomic E-state index is -0.0603. The van der Waals surface area contributed by atoms with Crippen molar-refractivity contribution in [1.29, 1.82) is 0 Å². The molecule has 18 heavy (non-hydrogen) atoms. The van der Waals surface area contributed by atoms with Crippen molar-refractivity contribution in [1.82, 2.24) is 15.1 Å². The lowest BCUT2D eigenvalue weighted by Crippen LogP contribution is -2.39. The van der Waals surface area contributed by atoms with Gasteiger partial charge in [-0.2, -0.15) is 5.10 Å². The lowest BCUT2D eigenvalue weighted by Gasteiger charge is -2.14. The first-order valence-corrected chi connectivity index (χ1v) is 6.75. The number of nitrogens with zero attached hydrogens (tertiary/aromatic N) is 2. The first-order chi connectivity index (χ1) is 8.66. The van der Waals surface area contributed by atoms with E-state index in [1.54, 1.807) is 6.20 Å². The maximum Gasteiger partial charge on any atom is 0.241 e. The van der Waals surface area contributed by atoms with Crippen LogP contribution in [0.25, 0.3) is 0 Å². The van der Waals surface area contributed by atoms with Gasteiger partial charge in [0.1, 0.15) is 0 Å². The third-order valence-corrected chi connectivity index (χ3v) is 3.27. The van der Waals surface area contributed by atoms with Crippen LogP contribution in [0.4, 0.5) is 5.69 Å². The molecule has 2 rings (SSSR count). The van der Waals surface area contributed by atoms with E-state index in [-0.39, 0.29) is 11.9 Å². The zero-order valence-electron chi connectivity index (χ0n) is 11.1. The summed E-state index contributed by atoms with van der Waals surface area (Å²) in [7, 11) is 0. The van der Waals surface area contributed by atoms with Crippen LogP contribution in [0.1, 0.15) is 45.6 Å². The molecule has 1 aromatic heterocycles. The van der Waals surface area contributed by atoms with Gasteiger partial charge in [-0.3, -0.25) is 9.48 Å². The van der Waals surface area contributed by atoms with Gasteiger partial charge in [0.05, 0.1) is 17.9 Å². The number of rotatable bonds is 3. The molecule has 1 fully saturated rings. The summed E-state index contributed by atoms with van der Waals surface area (Å²) >= 11 is 0. The van der Waals surface area contributed by atoms with E-state index in [0.717, 1.165) is 31.5 Å². The summed E-state index contributed by atoms with van der Waals surface area (Å²) in [6.45, 7) is 5.06. The normalized spacial score (nSPS) is 20.7. The van der Waals surface area contributed by atoms with E-state index in [0.29, 0.717) is 6.04 Å². The van der Waals surface area contributed by atoms with E-state index in [2.05, 4.69) is 29.6 Å². The number of amides is 1. The maximum atomic E-state index is 12.1. The van der Waals surface area contributed by atoms with Gasteiger partial charge in [-0.05, 0) is 33.2 Å². The van der Waals surface area contributed by atoms with Crippen molar-refractivity contribution in [2.24, 2.45) is 0 Å². The Morgan fingerprint density at radius 1 is 1.50 bits per heavy atom. The van der Waals surface area contributed by atoms with Crippen molar-refractivity contribution < 1.29 is 4.79 Å². The Bertz CT molecular complexity index is 391. The fraction of sp³-hybridized carbons (Fsp3) is 0.692. The van der Waals surface area contributed by atoms with Crippen LogP contribution in [-0.2, 0) is 4.79 Å². The van der Waals surface area contributed by atoms with E-state index in [9.17, 15) is 4.79 Å². The highest BCUT2D eigenvalue weighted by Crippen LogP contribution is 2.13. The van der Waals surface area contributed by atoms with Gasteiger partial charge in [0, 0.05) is 12.2 Å². The molecule has 1 aliphatic heterocycles. The molecule has 1 unspecified atom stereocenters. The predicted octanol–water partition coefficient (Wildman–Crippen LogP) is 1.93. The average Bonchev–Trinajstić information content (AvgIpc) is 2.64. The minimum absolute atomic E-state index is 0.0557. The molecule has 5 heteroatoms. The van der Waals surface area contributed by atoms with Crippen LogP contribution in [0, 0.1) is 0 Å². The van der Waals surface area contributed by atoms with Crippen LogP contribution in [0.3, 0.4) is 0 Å². The number of anilines is 1. The van der Waals surface area contributed by atoms with Crippen LogP contribution in [0.2, 0.25) is 0 Å². The molecule has 0 radical (unpaired) electrons. The van der Waals surface area contributed by atoms with Gasteiger partial charge >= 0.3 is 0 Å². The molecule has 1 aliphatic rings. The summed E-state index contributed by atoms with van der Waals surface area (Å²) < 4.78 is 1.84. The van der Waals surface area contributed by atoms with Gasteiger partial charge in [-0.15, -0.1) is 0 Å². The Morgan fingerprint density at radius 2 is 2.33 bits per heavy atom. The molecule has 5 nitrogen and oxygen atoms in total. The van der Waals surface area contributed by atoms with Crippen molar-refractivity contribution in [3.8, 4) is 0 Å². The van der Waals surface area contributed by atoms with Crippen LogP contribution in [-0.4, -0.2) is 28.3 Å². The first-order valence-electron chi connectivity index (χ1n) is 6.75. The van der Waals surface area contributed by atoms with Crippen molar-refractivity contribution >= 4 is 11.6 Å². The lowest BCUT2D eigenvalue weighted by atomic mass is 10.1. The summed E-state index contributed by atoms with van der Waals surface area (Å²) in [6, 6.07) is 0.251. The van der Waals surface area contributed by atoms with E-state index < -0.39 is 0 Å². The van der Waals surface area contributed by atoms with E-state index in [1.165, 1.54) is 6.42 Å². The number of hydrogen-bond donors (Lipinski definition) is 2. The summed E-state index contributed by atoms with van der Waals surface area (Å²) in [4.78, 5) is 12.1. The molecule has 100 valence electrons. The number of aromatic nitrogens is 2. The molecular weight excluding hydrogens is 228 g/mol. The predicted molar refractivity (Wildman–Crippen MR) is 71.5 cm³/mol. The van der Waals surface area contributed by atoms with Crippen molar-refractivity contribution in [3.63, 3.8) is 0 Å². The zero-order chi connectivity index (χ0) is 13.0. The Kier molecular flexibility index (Phi) is 4.36. The molecule has 0 aliphatic carbocycles. The highest BCUT2D eigenvalue weighted by Gasteiger charge is 2.19. The summed E-state index contributed by atoms with van der Waals surface area (Å²) in [6.07, 6.45) is 7.99. The Balaban J connectivity index is 1.92. The third kappa shape index (κ3) is 3.32. The fourth-order valence-electron chi connectivity index (χ4n) is 2.17. The Morgan fingerprint density at radius 3 is 3.06 bits per heavy atom. The van der Waals surface area contributed by atoms with Gasteiger partial charge < -0.3 is 10.6 Å². The molecular formula is C13H22N4O. The Hall–Kier alpha value is -1.36. The van der Waals surface area contributed by atoms with E-state index >= 15 is 0 Å². The highest BCUT2D eigenvalue weighted by atomic mass is 16.2. The number of hydrogen-bond acceptors (Lipinski definition) is 3. The molecule has 1 saturated heterocycles. The quantitative estimate of drug-likeness (QED) is 0.862. The van der Waals surface area contributed by atoms with Gasteiger partial charge in [0.25, 0.3) is 0 Å². The van der Waals surface area contributed by atoms with Crippen molar-refractivity contribution in [2.75, 3.05) is 11.9 Å². The fourth-order valence-corrected chi connectivity index (χ4v) is 2.17. The Labute approximate surface area is 108 Å². The van der Waals surface area contributed by atoms with Crippen molar-refractivity contribution in [2.45, 2.75) is 51.6 Å². The van der Waals surface area contributed by atoms with Crippen LogP contribution >= 0.6 is 0 Å². The minimum Gasteiger partial charge on any atom is -0.322 e. The van der Waals surface area contributed by atoms with E-state index in [4.69, 9.17) is 0 Å². The highest BCUT2D eigenvalue weighted by molar-refractivity contribution is 5.94. The standard InChI is InChI=1S/C13H22N4O/c1-10(2)17-9-11(8-15-17)16-13(18)12-6-4-3-5-7-14-12/h8-10,12,14H,3-7H2,1-2H3,(H,16,18). The second-order valence-corrected chi connectivity index (χ2v) is 5.15. The third-order valence-electron chi connectivity index (χ3n) is 3.27. The molecule has 0 saturated carbocycles. The van der Waals surface area contributed by atoms with Gasteiger partial charge in [-0.1, -0.05) is 12.8 Å². The molecule has 0 aromatic carbocycles. The summed E-state index contributed by atoms with van der Waals surface area (Å²) in [5.41, 5.74) is 0.778. The molecule has 1 aromatic rings. The zero-order valence-corrected chi connectivity index (χ0v) is 11.1. The van der Waals surface area contributed by atoms with Gasteiger partial charge in [0.2, 0.25) is 5.91 Å². The molecule has 0 spiro atoms. The average molecular weight is 250 g/mol. The summed E-state index contributed by atoms with van der Waals surface area (Å²) in [5.74, 6) is 0.0557. The smallest absolute Gasteiger partial charge is 0.241 e. The second-order valence-electron chi connectivity index (χ2n) is 5.15. The lowest BCUT2D eigenvalue weighted by molar-refractivity contribution is -0.118. The maximum absolute atomic E-state index is 12.1. The number of carbonyl (C=O) groups is 1. The number of carbonyl (C=O) groups excluding carboxylic acids is 1. The monoisotopic (exact) mass is 250 g/mol. The van der Waals surface area contributed by atoms with Gasteiger partial charge in [-0.25, -0.2) is 0 Å². The molecule has 2 heterocycles. The number of nitrogens with one attached hydrogen (secondary N) is 2. The van der Waals surface area contributed by atoms with Crippen LogP contribution < -0.4 is 10.6 Å². The SMILES string of the molecule is CC(C)n1cc(NC(=O)C2CCCCCN2)cn1. The van der Waals surface area contributed by atoms with E-state index in [1.807, 2.05) is 10.9 Å². The summed E-state index contributed by atoms with van der Waals surface area (Å²) in [5, 5.41) is 10.4. The molecule has 1 amide bonds. The topological polar surface area (TPSA) is 59.0 Å². The van der Waals surface area contributed by atoms with Crippen LogP contribution in [0.5, 0.6) is 0 Å².